The lowest BCUT2D eigenvalue weighted by Gasteiger charge is -2.43. The van der Waals surface area contributed by atoms with Gasteiger partial charge in [0.15, 0.2) is 0 Å². The number of benzene rings is 2. The van der Waals surface area contributed by atoms with E-state index in [4.69, 9.17) is 19.7 Å². The molecule has 4 aliphatic heterocycles. The number of hydrogen-bond acceptors (Lipinski definition) is 9. The van der Waals surface area contributed by atoms with Crippen molar-refractivity contribution in [1.29, 1.82) is 0 Å². The van der Waals surface area contributed by atoms with Crippen LogP contribution in [0.5, 0.6) is 0 Å². The summed E-state index contributed by atoms with van der Waals surface area (Å²) in [5.74, 6) is 0.526. The van der Waals surface area contributed by atoms with Crippen LogP contribution in [0.3, 0.4) is 0 Å². The van der Waals surface area contributed by atoms with E-state index in [2.05, 4.69) is 20.6 Å². The van der Waals surface area contributed by atoms with Crippen LogP contribution in [-0.2, 0) is 14.3 Å². The fourth-order valence-corrected chi connectivity index (χ4v) is 7.25. The van der Waals surface area contributed by atoms with Gasteiger partial charge >= 0.3 is 6.09 Å². The number of H-pyrrole nitrogens is 1. The third kappa shape index (κ3) is 5.94. The Morgan fingerprint density at radius 2 is 1.80 bits per heavy atom. The summed E-state index contributed by atoms with van der Waals surface area (Å²) >= 11 is 0. The summed E-state index contributed by atoms with van der Waals surface area (Å²) in [7, 11) is 1.25. The molecule has 13 heteroatoms. The van der Waals surface area contributed by atoms with Gasteiger partial charge in [0.2, 0.25) is 5.91 Å². The molecule has 4 aromatic rings. The van der Waals surface area contributed by atoms with Crippen LogP contribution in [0.1, 0.15) is 62.4 Å². The lowest BCUT2D eigenvalue weighted by atomic mass is 9.95. The number of fused-ring (bicyclic) bond motifs is 2. The minimum atomic E-state index is -0.840. The second-order valence-corrected chi connectivity index (χ2v) is 12.9. The van der Waals surface area contributed by atoms with Gasteiger partial charge in [-0.2, -0.15) is 0 Å². The van der Waals surface area contributed by atoms with Crippen molar-refractivity contribution in [3.63, 3.8) is 0 Å². The zero-order valence-corrected chi connectivity index (χ0v) is 27.2. The lowest BCUT2D eigenvalue weighted by Crippen LogP contribution is -2.62. The van der Waals surface area contributed by atoms with Gasteiger partial charge in [0, 0.05) is 42.4 Å². The van der Waals surface area contributed by atoms with Crippen LogP contribution in [0.25, 0.3) is 39.1 Å². The Kier molecular flexibility index (Phi) is 8.12. The van der Waals surface area contributed by atoms with Gasteiger partial charge in [0.1, 0.15) is 11.9 Å². The molecule has 8 rings (SSSR count). The molecule has 3 saturated heterocycles. The van der Waals surface area contributed by atoms with Crippen molar-refractivity contribution >= 4 is 40.2 Å². The first-order chi connectivity index (χ1) is 23.9. The summed E-state index contributed by atoms with van der Waals surface area (Å²) < 4.78 is 4.72. The minimum Gasteiger partial charge on any atom is -0.453 e. The number of imidazole rings is 1. The Morgan fingerprint density at radius 1 is 0.959 bits per heavy atom. The van der Waals surface area contributed by atoms with Crippen molar-refractivity contribution in [3.8, 4) is 22.5 Å². The van der Waals surface area contributed by atoms with Crippen molar-refractivity contribution in [2.24, 2.45) is 4.99 Å². The number of amides is 3. The molecule has 3 N–H and O–H groups in total. The molecule has 0 radical (unpaired) electrons. The van der Waals surface area contributed by atoms with Crippen molar-refractivity contribution in [2.45, 2.75) is 63.1 Å². The predicted molar refractivity (Wildman–Crippen MR) is 183 cm³/mol. The second-order valence-electron chi connectivity index (χ2n) is 12.9. The van der Waals surface area contributed by atoms with E-state index in [0.717, 1.165) is 82.0 Å². The fraction of sp³-hybridized carbons (Fsp3) is 0.361. The Bertz CT molecular complexity index is 2000. The predicted octanol–water partition coefficient (Wildman–Crippen LogP) is 4.55. The number of nitrogens with one attached hydrogen (secondary N) is 3. The first-order valence-corrected chi connectivity index (χ1v) is 16.8. The van der Waals surface area contributed by atoms with Gasteiger partial charge in [-0.1, -0.05) is 30.3 Å². The number of alkyl carbamates (subject to hydrolysis) is 1. The number of hydrogen-bond donors (Lipinski definition) is 3. The molecule has 250 valence electrons. The second kappa shape index (κ2) is 12.9. The number of aromatic amines is 1. The van der Waals surface area contributed by atoms with Crippen LogP contribution in [0.15, 0.2) is 66.1 Å². The number of carbonyl (C=O) groups excluding carboxylic acids is 3. The third-order valence-corrected chi connectivity index (χ3v) is 9.87. The zero-order chi connectivity index (χ0) is 33.5. The van der Waals surface area contributed by atoms with Crippen molar-refractivity contribution < 1.29 is 19.1 Å². The van der Waals surface area contributed by atoms with E-state index in [0.29, 0.717) is 19.4 Å². The summed E-state index contributed by atoms with van der Waals surface area (Å²) in [5, 5.41) is 9.15. The maximum Gasteiger partial charge on any atom is 0.407 e. The van der Waals surface area contributed by atoms with Crippen LogP contribution >= 0.6 is 0 Å². The highest BCUT2D eigenvalue weighted by atomic mass is 16.5. The largest absolute Gasteiger partial charge is 0.453 e. The van der Waals surface area contributed by atoms with Gasteiger partial charge in [0.05, 0.1) is 54.0 Å². The normalized spacial score (nSPS) is 22.5. The van der Waals surface area contributed by atoms with E-state index < -0.39 is 12.1 Å². The highest BCUT2D eigenvalue weighted by Crippen LogP contribution is 2.33. The molecule has 0 saturated carbocycles. The Labute approximate surface area is 282 Å². The number of aromatic nitrogens is 4. The Morgan fingerprint density at radius 3 is 2.61 bits per heavy atom. The Hall–Kier alpha value is -5.43. The first kappa shape index (κ1) is 30.9. The maximum atomic E-state index is 13.6. The Balaban J connectivity index is 0.954. The minimum absolute atomic E-state index is 0.129. The SMILES string of the molecule is COC(=O)N[C@H]1CCC(=O)N2CCC[C@@H](C3=NC=C(c4ccc(-c5cnc6cc(-c7cnc([C@@H]8CCCN8)[nH]7)ccc6n5)cc4)C3)N2C1=O. The number of rotatable bonds is 6. The highest BCUT2D eigenvalue weighted by molar-refractivity contribution is 6.04. The van der Waals surface area contributed by atoms with Crippen LogP contribution < -0.4 is 10.6 Å². The molecule has 6 heterocycles. The van der Waals surface area contributed by atoms with E-state index in [-0.39, 0.29) is 36.7 Å². The molecule has 2 aromatic heterocycles. The molecule has 0 spiro atoms. The quantitative estimate of drug-likeness (QED) is 0.272. The number of methoxy groups -OCH3 is 1. The molecule has 4 aliphatic rings. The molecule has 49 heavy (non-hydrogen) atoms. The summed E-state index contributed by atoms with van der Waals surface area (Å²) in [6, 6.07) is 13.3. The lowest BCUT2D eigenvalue weighted by molar-refractivity contribution is -0.169. The molecule has 0 aliphatic carbocycles. The molecular weight excluding hydrogens is 622 g/mol. The molecule has 3 amide bonds. The van der Waals surface area contributed by atoms with Crippen LogP contribution in [-0.4, -0.2) is 85.9 Å². The number of hydrazine groups is 1. The van der Waals surface area contributed by atoms with Gasteiger partial charge < -0.3 is 20.4 Å². The average molecular weight is 660 g/mol. The molecule has 2 aromatic carbocycles. The fourth-order valence-electron chi connectivity index (χ4n) is 7.25. The first-order valence-electron chi connectivity index (χ1n) is 16.8. The van der Waals surface area contributed by atoms with Crippen LogP contribution in [0.2, 0.25) is 0 Å². The van der Waals surface area contributed by atoms with Crippen molar-refractivity contribution in [2.75, 3.05) is 20.2 Å². The summed E-state index contributed by atoms with van der Waals surface area (Å²) in [6.45, 7) is 1.49. The molecule has 3 fully saturated rings. The number of allylic oxidation sites excluding steroid dienone is 1. The number of aliphatic imine (C=N–C) groups is 1. The van der Waals surface area contributed by atoms with Gasteiger partial charge in [-0.25, -0.2) is 19.8 Å². The van der Waals surface area contributed by atoms with Gasteiger partial charge in [-0.3, -0.25) is 24.6 Å². The molecule has 13 nitrogen and oxygen atoms in total. The number of carbonyl (C=O) groups is 3. The topological polar surface area (TPSA) is 158 Å². The average Bonchev–Trinajstić information content (AvgIpc) is 3.94. The zero-order valence-electron chi connectivity index (χ0n) is 27.2. The molecule has 0 unspecified atom stereocenters. The van der Waals surface area contributed by atoms with E-state index in [1.165, 1.54) is 17.1 Å². The van der Waals surface area contributed by atoms with Crippen LogP contribution in [0.4, 0.5) is 4.79 Å². The monoisotopic (exact) mass is 659 g/mol. The van der Waals surface area contributed by atoms with E-state index >= 15 is 0 Å². The van der Waals surface area contributed by atoms with Crippen molar-refractivity contribution in [3.05, 3.63) is 72.4 Å². The summed E-state index contributed by atoms with van der Waals surface area (Å²) in [6.07, 6.45) is 9.47. The molecular formula is C36H37N9O4. The van der Waals surface area contributed by atoms with E-state index in [1.54, 1.807) is 6.20 Å². The molecule has 3 atom stereocenters. The number of ether oxygens (including phenoxy) is 1. The highest BCUT2D eigenvalue weighted by Gasteiger charge is 2.44. The van der Waals surface area contributed by atoms with E-state index in [9.17, 15) is 14.4 Å². The smallest absolute Gasteiger partial charge is 0.407 e. The van der Waals surface area contributed by atoms with Crippen molar-refractivity contribution in [1.82, 2.24) is 40.6 Å². The standard InChI is InChI=1S/C36H37N9O4/c1-49-36(48)43-27-12-13-33(46)44-15-3-5-32(45(44)35(27)47)29-17-24(18-38-29)21-6-8-22(9-7-21)30-19-39-28-16-23(10-11-25(28)41-30)31-20-40-34(42-31)26-4-2-14-37-26/h6-11,16,18-20,26-27,32,37H,2-5,12-15,17H2,1H3,(H,40,42)(H,43,48)/t26-,27-,32-/m0/s1. The van der Waals surface area contributed by atoms with Gasteiger partial charge in [-0.05, 0) is 61.9 Å². The summed E-state index contributed by atoms with van der Waals surface area (Å²) in [4.78, 5) is 61.0. The third-order valence-electron chi connectivity index (χ3n) is 9.87. The van der Waals surface area contributed by atoms with Gasteiger partial charge in [-0.15, -0.1) is 0 Å². The van der Waals surface area contributed by atoms with E-state index in [1.807, 2.05) is 54.9 Å². The summed E-state index contributed by atoms with van der Waals surface area (Å²) in [5.41, 5.74) is 8.21. The number of nitrogens with zero attached hydrogens (tertiary/aromatic N) is 6. The van der Waals surface area contributed by atoms with Crippen LogP contribution in [0, 0.1) is 0 Å². The van der Waals surface area contributed by atoms with Gasteiger partial charge in [0.25, 0.3) is 5.91 Å². The molecule has 0 bridgehead atoms. The maximum absolute atomic E-state index is 13.6.